The summed E-state index contributed by atoms with van der Waals surface area (Å²) in [6.07, 6.45) is 0.822. The van der Waals surface area contributed by atoms with Crippen LogP contribution in [-0.4, -0.2) is 35.7 Å². The van der Waals surface area contributed by atoms with E-state index in [4.69, 9.17) is 5.11 Å². The normalized spacial score (nSPS) is 10.4. The third-order valence-electron chi connectivity index (χ3n) is 2.08. The third-order valence-corrected chi connectivity index (χ3v) is 4.01. The second kappa shape index (κ2) is 7.70. The molecule has 0 spiro atoms. The fourth-order valence-corrected chi connectivity index (χ4v) is 2.81. The van der Waals surface area contributed by atoms with Crippen LogP contribution in [0.3, 0.4) is 0 Å². The number of hydrogen-bond acceptors (Lipinski definition) is 4. The van der Waals surface area contributed by atoms with E-state index in [-0.39, 0.29) is 12.5 Å². The van der Waals surface area contributed by atoms with Gasteiger partial charge in [-0.05, 0) is 30.0 Å². The summed E-state index contributed by atoms with van der Waals surface area (Å²) in [6, 6.07) is 0. The average Bonchev–Trinajstić information content (AvgIpc) is 2.69. The van der Waals surface area contributed by atoms with E-state index < -0.39 is 0 Å². The van der Waals surface area contributed by atoms with Crippen molar-refractivity contribution < 1.29 is 9.90 Å². The van der Waals surface area contributed by atoms with Crippen molar-refractivity contribution in [3.8, 4) is 0 Å². The van der Waals surface area contributed by atoms with Crippen molar-refractivity contribution in [2.75, 3.05) is 24.7 Å². The number of rotatable bonds is 7. The number of nitrogens with one attached hydrogen (secondary N) is 1. The van der Waals surface area contributed by atoms with Gasteiger partial charge in [0.25, 0.3) is 5.91 Å². The molecule has 1 amide bonds. The monoisotopic (exact) mass is 259 g/mol. The minimum absolute atomic E-state index is 0.0153. The van der Waals surface area contributed by atoms with Crippen LogP contribution in [0.4, 0.5) is 0 Å². The molecule has 0 radical (unpaired) electrons. The predicted octanol–water partition coefficient (Wildman–Crippen LogP) is 1.90. The number of thiophene rings is 1. The molecule has 0 fully saturated rings. The molecule has 0 unspecified atom stereocenters. The number of hydrogen-bond donors (Lipinski definition) is 2. The second-order valence-corrected chi connectivity index (χ2v) is 5.38. The van der Waals surface area contributed by atoms with E-state index in [0.29, 0.717) is 6.54 Å². The highest BCUT2D eigenvalue weighted by atomic mass is 32.2. The van der Waals surface area contributed by atoms with Gasteiger partial charge in [-0.15, -0.1) is 0 Å². The molecule has 1 heterocycles. The molecule has 5 heteroatoms. The van der Waals surface area contributed by atoms with Gasteiger partial charge in [0.2, 0.25) is 0 Å². The number of aryl methyl sites for hydroxylation is 1. The third kappa shape index (κ3) is 4.55. The Balaban J connectivity index is 2.14. The van der Waals surface area contributed by atoms with Crippen LogP contribution in [0.2, 0.25) is 0 Å². The molecular formula is C11H17NO2S2. The summed E-state index contributed by atoms with van der Waals surface area (Å²) in [5.41, 5.74) is 1.82. The molecule has 0 aliphatic heterocycles. The second-order valence-electron chi connectivity index (χ2n) is 3.41. The Kier molecular flexibility index (Phi) is 6.52. The first kappa shape index (κ1) is 13.5. The molecule has 2 N–H and O–H groups in total. The van der Waals surface area contributed by atoms with E-state index in [1.54, 1.807) is 23.1 Å². The van der Waals surface area contributed by atoms with Gasteiger partial charge in [-0.1, -0.05) is 0 Å². The number of carbonyl (C=O) groups excluding carboxylic acids is 1. The quantitative estimate of drug-likeness (QED) is 0.735. The van der Waals surface area contributed by atoms with Crippen LogP contribution in [0.1, 0.15) is 22.3 Å². The highest BCUT2D eigenvalue weighted by molar-refractivity contribution is 7.99. The fraction of sp³-hybridized carbons (Fsp3) is 0.545. The largest absolute Gasteiger partial charge is 0.396 e. The SMILES string of the molecule is Cc1cscc1C(=O)NCCSCCCO. The Morgan fingerprint density at radius 2 is 2.31 bits per heavy atom. The van der Waals surface area contributed by atoms with Crippen molar-refractivity contribution in [1.29, 1.82) is 0 Å². The highest BCUT2D eigenvalue weighted by Crippen LogP contribution is 2.13. The van der Waals surface area contributed by atoms with Gasteiger partial charge < -0.3 is 10.4 Å². The summed E-state index contributed by atoms with van der Waals surface area (Å²) in [7, 11) is 0. The lowest BCUT2D eigenvalue weighted by Gasteiger charge is -2.04. The Morgan fingerprint density at radius 3 is 2.94 bits per heavy atom. The highest BCUT2D eigenvalue weighted by Gasteiger charge is 2.08. The Hall–Kier alpha value is -0.520. The zero-order valence-corrected chi connectivity index (χ0v) is 11.0. The smallest absolute Gasteiger partial charge is 0.252 e. The molecule has 0 atom stereocenters. The number of thioether (sulfide) groups is 1. The molecule has 0 aliphatic carbocycles. The van der Waals surface area contributed by atoms with Gasteiger partial charge in [0.15, 0.2) is 0 Å². The maximum absolute atomic E-state index is 11.7. The molecule has 0 bridgehead atoms. The molecular weight excluding hydrogens is 242 g/mol. The lowest BCUT2D eigenvalue weighted by atomic mass is 10.2. The van der Waals surface area contributed by atoms with E-state index in [1.807, 2.05) is 17.7 Å². The maximum atomic E-state index is 11.7. The standard InChI is InChI=1S/C11H17NO2S2/c1-9-7-16-8-10(9)11(14)12-3-6-15-5-2-4-13/h7-8,13H,2-6H2,1H3,(H,12,14). The first-order valence-corrected chi connectivity index (χ1v) is 7.35. The summed E-state index contributed by atoms with van der Waals surface area (Å²) in [5.74, 6) is 1.86. The van der Waals surface area contributed by atoms with Gasteiger partial charge in [-0.3, -0.25) is 4.79 Å². The molecule has 0 aliphatic rings. The van der Waals surface area contributed by atoms with Gasteiger partial charge in [-0.25, -0.2) is 0 Å². The average molecular weight is 259 g/mol. The number of carbonyl (C=O) groups is 1. The minimum atomic E-state index is 0.0153. The Bertz CT molecular complexity index is 326. The summed E-state index contributed by atoms with van der Waals surface area (Å²) >= 11 is 3.30. The molecule has 1 rings (SSSR count). The van der Waals surface area contributed by atoms with Gasteiger partial charge in [0.1, 0.15) is 0 Å². The molecule has 1 aromatic rings. The zero-order valence-electron chi connectivity index (χ0n) is 9.36. The predicted molar refractivity (Wildman–Crippen MR) is 70.4 cm³/mol. The van der Waals surface area contributed by atoms with Crippen molar-refractivity contribution in [1.82, 2.24) is 5.32 Å². The summed E-state index contributed by atoms with van der Waals surface area (Å²) in [4.78, 5) is 11.7. The molecule has 3 nitrogen and oxygen atoms in total. The van der Waals surface area contributed by atoms with Crippen molar-refractivity contribution in [3.05, 3.63) is 21.9 Å². The van der Waals surface area contributed by atoms with Crippen molar-refractivity contribution >= 4 is 29.0 Å². The van der Waals surface area contributed by atoms with Crippen LogP contribution in [0.5, 0.6) is 0 Å². The summed E-state index contributed by atoms with van der Waals surface area (Å²) < 4.78 is 0. The molecule has 90 valence electrons. The summed E-state index contributed by atoms with van der Waals surface area (Å²) in [5, 5.41) is 15.3. The lowest BCUT2D eigenvalue weighted by molar-refractivity contribution is 0.0956. The molecule has 0 saturated carbocycles. The Morgan fingerprint density at radius 1 is 1.50 bits per heavy atom. The van der Waals surface area contributed by atoms with E-state index >= 15 is 0 Å². The fourth-order valence-electron chi connectivity index (χ4n) is 1.19. The maximum Gasteiger partial charge on any atom is 0.252 e. The molecule has 16 heavy (non-hydrogen) atoms. The lowest BCUT2D eigenvalue weighted by Crippen LogP contribution is -2.25. The van der Waals surface area contributed by atoms with E-state index in [2.05, 4.69) is 5.32 Å². The molecule has 0 saturated heterocycles. The van der Waals surface area contributed by atoms with Crippen molar-refractivity contribution in [3.63, 3.8) is 0 Å². The first-order valence-electron chi connectivity index (χ1n) is 5.25. The van der Waals surface area contributed by atoms with E-state index in [1.165, 1.54) is 0 Å². The van der Waals surface area contributed by atoms with Crippen LogP contribution in [-0.2, 0) is 0 Å². The van der Waals surface area contributed by atoms with Gasteiger partial charge in [0, 0.05) is 24.3 Å². The molecule has 0 aromatic carbocycles. The van der Waals surface area contributed by atoms with Crippen LogP contribution >= 0.6 is 23.1 Å². The van der Waals surface area contributed by atoms with E-state index in [9.17, 15) is 4.79 Å². The van der Waals surface area contributed by atoms with Crippen LogP contribution in [0.25, 0.3) is 0 Å². The minimum Gasteiger partial charge on any atom is -0.396 e. The first-order chi connectivity index (χ1) is 7.75. The van der Waals surface area contributed by atoms with Gasteiger partial charge in [-0.2, -0.15) is 23.1 Å². The van der Waals surface area contributed by atoms with Crippen LogP contribution in [0.15, 0.2) is 10.8 Å². The molecule has 1 aromatic heterocycles. The zero-order chi connectivity index (χ0) is 11.8. The van der Waals surface area contributed by atoms with Crippen molar-refractivity contribution in [2.45, 2.75) is 13.3 Å². The topological polar surface area (TPSA) is 49.3 Å². The van der Waals surface area contributed by atoms with Crippen molar-refractivity contribution in [2.24, 2.45) is 0 Å². The van der Waals surface area contributed by atoms with Crippen LogP contribution < -0.4 is 5.32 Å². The van der Waals surface area contributed by atoms with Gasteiger partial charge in [0.05, 0.1) is 5.56 Å². The number of aliphatic hydroxyl groups excluding tert-OH is 1. The summed E-state index contributed by atoms with van der Waals surface area (Å²) in [6.45, 7) is 2.87. The van der Waals surface area contributed by atoms with Crippen LogP contribution in [0, 0.1) is 6.92 Å². The van der Waals surface area contributed by atoms with Gasteiger partial charge >= 0.3 is 0 Å². The van der Waals surface area contributed by atoms with E-state index in [0.717, 1.165) is 29.1 Å². The number of aliphatic hydroxyl groups is 1. The number of amides is 1. The Labute approximate surface area is 104 Å².